The van der Waals surface area contributed by atoms with Crippen LogP contribution in [-0.2, 0) is 6.42 Å². The predicted octanol–water partition coefficient (Wildman–Crippen LogP) is 2.91. The van der Waals surface area contributed by atoms with Crippen molar-refractivity contribution in [3.8, 4) is 0 Å². The molecule has 0 spiro atoms. The fourth-order valence-corrected chi connectivity index (χ4v) is 2.58. The molecule has 1 heterocycles. The van der Waals surface area contributed by atoms with E-state index in [0.29, 0.717) is 0 Å². The monoisotopic (exact) mass is 343 g/mol. The van der Waals surface area contributed by atoms with Crippen LogP contribution in [0.1, 0.15) is 31.9 Å². The number of hydrogen-bond donors (Lipinski definition) is 3. The normalized spacial score (nSPS) is 12.8. The second-order valence-electron chi connectivity index (χ2n) is 7.44. The number of H-pyrrole nitrogens is 1. The van der Waals surface area contributed by atoms with Gasteiger partial charge in [-0.1, -0.05) is 12.1 Å². The summed E-state index contributed by atoms with van der Waals surface area (Å²) in [6.45, 7) is 11.1. The first-order valence-electron chi connectivity index (χ1n) is 9.09. The summed E-state index contributed by atoms with van der Waals surface area (Å²) < 4.78 is 0. The quantitative estimate of drug-likeness (QED) is 0.535. The summed E-state index contributed by atoms with van der Waals surface area (Å²) in [5.74, 6) is 0.883. The molecule has 0 atom stereocenters. The van der Waals surface area contributed by atoms with E-state index < -0.39 is 0 Å². The van der Waals surface area contributed by atoms with Gasteiger partial charge in [0.15, 0.2) is 5.96 Å². The first kappa shape index (κ1) is 19.3. The van der Waals surface area contributed by atoms with Crippen molar-refractivity contribution in [3.63, 3.8) is 0 Å². The van der Waals surface area contributed by atoms with Crippen molar-refractivity contribution in [3.05, 3.63) is 35.5 Å². The third-order valence-electron chi connectivity index (χ3n) is 4.79. The van der Waals surface area contributed by atoms with Crippen LogP contribution in [0.5, 0.6) is 0 Å². The molecule has 2 rings (SSSR count). The fourth-order valence-electron chi connectivity index (χ4n) is 2.58. The number of aliphatic imine (C=N–C) groups is 1. The van der Waals surface area contributed by atoms with E-state index in [1.807, 2.05) is 0 Å². The maximum atomic E-state index is 4.74. The molecule has 0 bridgehead atoms. The van der Waals surface area contributed by atoms with Crippen molar-refractivity contribution in [2.45, 2.75) is 39.7 Å². The van der Waals surface area contributed by atoms with E-state index in [-0.39, 0.29) is 5.54 Å². The SMILES string of the molecule is CCNC(=NCC(C)(C)N(C)C)NCCc1c[nH]c2cc(C)ccc12. The van der Waals surface area contributed by atoms with Crippen LogP contribution in [-0.4, -0.2) is 55.1 Å². The zero-order valence-electron chi connectivity index (χ0n) is 16.5. The fraction of sp³-hybridized carbons (Fsp3) is 0.550. The summed E-state index contributed by atoms with van der Waals surface area (Å²) in [5.41, 5.74) is 3.87. The van der Waals surface area contributed by atoms with Gasteiger partial charge < -0.3 is 20.5 Å². The molecule has 5 nitrogen and oxygen atoms in total. The van der Waals surface area contributed by atoms with Crippen LogP contribution in [0.15, 0.2) is 29.4 Å². The standard InChI is InChI=1S/C20H33N5/c1-7-21-19(24-14-20(3,4)25(5)6)22-11-10-16-13-23-18-12-15(2)8-9-17(16)18/h8-9,12-13,23H,7,10-11,14H2,1-6H3,(H2,21,22,24). The first-order chi connectivity index (χ1) is 11.8. The highest BCUT2D eigenvalue weighted by Gasteiger charge is 2.19. The van der Waals surface area contributed by atoms with Crippen molar-refractivity contribution in [2.24, 2.45) is 4.99 Å². The summed E-state index contributed by atoms with van der Waals surface area (Å²) in [4.78, 5) is 10.3. The van der Waals surface area contributed by atoms with E-state index in [9.17, 15) is 0 Å². The van der Waals surface area contributed by atoms with Gasteiger partial charge in [0, 0.05) is 35.7 Å². The molecule has 0 unspecified atom stereocenters. The van der Waals surface area contributed by atoms with Crippen LogP contribution in [0, 0.1) is 6.92 Å². The number of likely N-dealkylation sites (N-methyl/N-ethyl adjacent to an activating group) is 1. The molecule has 0 radical (unpaired) electrons. The maximum Gasteiger partial charge on any atom is 0.191 e. The molecule has 1 aromatic carbocycles. The Morgan fingerprint density at radius 2 is 2.00 bits per heavy atom. The molecule has 0 aliphatic heterocycles. The minimum absolute atomic E-state index is 0.0387. The van der Waals surface area contributed by atoms with Crippen LogP contribution in [0.4, 0.5) is 0 Å². The third kappa shape index (κ3) is 5.23. The van der Waals surface area contributed by atoms with E-state index in [2.05, 4.69) is 86.7 Å². The van der Waals surface area contributed by atoms with Gasteiger partial charge in [0.2, 0.25) is 0 Å². The number of guanidine groups is 1. The number of benzene rings is 1. The number of hydrogen-bond acceptors (Lipinski definition) is 2. The average Bonchev–Trinajstić information content (AvgIpc) is 2.94. The molecule has 0 fully saturated rings. The lowest BCUT2D eigenvalue weighted by Crippen LogP contribution is -2.44. The number of aromatic amines is 1. The Morgan fingerprint density at radius 1 is 1.24 bits per heavy atom. The first-order valence-corrected chi connectivity index (χ1v) is 9.09. The summed E-state index contributed by atoms with van der Waals surface area (Å²) >= 11 is 0. The van der Waals surface area contributed by atoms with Gasteiger partial charge >= 0.3 is 0 Å². The Morgan fingerprint density at radius 3 is 2.68 bits per heavy atom. The van der Waals surface area contributed by atoms with Crippen molar-refractivity contribution >= 4 is 16.9 Å². The van der Waals surface area contributed by atoms with Gasteiger partial charge in [0.05, 0.1) is 6.54 Å². The molecule has 5 heteroatoms. The smallest absolute Gasteiger partial charge is 0.191 e. The number of aryl methyl sites for hydroxylation is 1. The minimum Gasteiger partial charge on any atom is -0.361 e. The van der Waals surface area contributed by atoms with E-state index in [1.54, 1.807) is 0 Å². The largest absolute Gasteiger partial charge is 0.361 e. The summed E-state index contributed by atoms with van der Waals surface area (Å²) in [5, 5.41) is 8.09. The summed E-state index contributed by atoms with van der Waals surface area (Å²) in [6, 6.07) is 6.57. The van der Waals surface area contributed by atoms with E-state index in [1.165, 1.54) is 22.0 Å². The summed E-state index contributed by atoms with van der Waals surface area (Å²) in [6.07, 6.45) is 3.08. The molecule has 3 N–H and O–H groups in total. The second-order valence-corrected chi connectivity index (χ2v) is 7.44. The van der Waals surface area contributed by atoms with Crippen LogP contribution in [0.25, 0.3) is 10.9 Å². The lowest BCUT2D eigenvalue weighted by atomic mass is 10.1. The zero-order valence-corrected chi connectivity index (χ0v) is 16.5. The lowest BCUT2D eigenvalue weighted by Gasteiger charge is -2.31. The molecule has 1 aromatic heterocycles. The predicted molar refractivity (Wildman–Crippen MR) is 108 cm³/mol. The van der Waals surface area contributed by atoms with Crippen LogP contribution >= 0.6 is 0 Å². The van der Waals surface area contributed by atoms with Gasteiger partial charge in [-0.05, 0) is 65.4 Å². The van der Waals surface area contributed by atoms with Crippen molar-refractivity contribution in [2.75, 3.05) is 33.7 Å². The molecule has 0 amide bonds. The van der Waals surface area contributed by atoms with Gasteiger partial charge in [-0.3, -0.25) is 4.99 Å². The summed E-state index contributed by atoms with van der Waals surface area (Å²) in [7, 11) is 4.18. The minimum atomic E-state index is 0.0387. The van der Waals surface area contributed by atoms with E-state index in [4.69, 9.17) is 4.99 Å². The molecule has 138 valence electrons. The van der Waals surface area contributed by atoms with Crippen LogP contribution in [0.2, 0.25) is 0 Å². The Kier molecular flexibility index (Phi) is 6.48. The van der Waals surface area contributed by atoms with Crippen molar-refractivity contribution in [1.29, 1.82) is 0 Å². The van der Waals surface area contributed by atoms with Crippen molar-refractivity contribution in [1.82, 2.24) is 20.5 Å². The molecule has 0 saturated heterocycles. The average molecular weight is 344 g/mol. The highest BCUT2D eigenvalue weighted by atomic mass is 15.2. The Balaban J connectivity index is 1.96. The highest BCUT2D eigenvalue weighted by Crippen LogP contribution is 2.19. The van der Waals surface area contributed by atoms with Gasteiger partial charge in [0.1, 0.15) is 0 Å². The molecule has 2 aromatic rings. The van der Waals surface area contributed by atoms with Gasteiger partial charge in [-0.15, -0.1) is 0 Å². The highest BCUT2D eigenvalue weighted by molar-refractivity contribution is 5.84. The molecule has 0 aliphatic rings. The van der Waals surface area contributed by atoms with E-state index in [0.717, 1.165) is 32.0 Å². The topological polar surface area (TPSA) is 55.5 Å². The third-order valence-corrected chi connectivity index (χ3v) is 4.79. The molecular weight excluding hydrogens is 310 g/mol. The number of rotatable bonds is 7. The lowest BCUT2D eigenvalue weighted by molar-refractivity contribution is 0.204. The van der Waals surface area contributed by atoms with Crippen molar-refractivity contribution < 1.29 is 0 Å². The molecule has 25 heavy (non-hydrogen) atoms. The van der Waals surface area contributed by atoms with Crippen LogP contribution in [0.3, 0.4) is 0 Å². The molecule has 0 saturated carbocycles. The Labute approximate surface area is 151 Å². The molecular formula is C20H33N5. The van der Waals surface area contributed by atoms with Crippen LogP contribution < -0.4 is 10.6 Å². The number of nitrogens with zero attached hydrogens (tertiary/aromatic N) is 2. The number of nitrogens with one attached hydrogen (secondary N) is 3. The molecule has 0 aliphatic carbocycles. The van der Waals surface area contributed by atoms with Gasteiger partial charge in [0.25, 0.3) is 0 Å². The second kappa shape index (κ2) is 8.39. The zero-order chi connectivity index (χ0) is 18.4. The Hall–Kier alpha value is -2.01. The number of fused-ring (bicyclic) bond motifs is 1. The number of aromatic nitrogens is 1. The Bertz CT molecular complexity index is 712. The van der Waals surface area contributed by atoms with Gasteiger partial charge in [-0.2, -0.15) is 0 Å². The maximum absolute atomic E-state index is 4.74. The van der Waals surface area contributed by atoms with Gasteiger partial charge in [-0.25, -0.2) is 0 Å². The van der Waals surface area contributed by atoms with E-state index >= 15 is 0 Å².